The Balaban J connectivity index is -0.000000902. The predicted molar refractivity (Wildman–Crippen MR) is 84.2 cm³/mol. The summed E-state index contributed by atoms with van der Waals surface area (Å²) >= 11 is 0. The minimum absolute atomic E-state index is 0. The zero-order chi connectivity index (χ0) is 13.5. The first kappa shape index (κ1) is 27.2. The smallest absolute Gasteiger partial charge is 1.00 e. The van der Waals surface area contributed by atoms with E-state index < -0.39 is 8.07 Å². The van der Waals surface area contributed by atoms with Gasteiger partial charge in [-0.25, -0.2) is 6.07 Å². The van der Waals surface area contributed by atoms with Crippen molar-refractivity contribution in [3.8, 4) is 0 Å². The van der Waals surface area contributed by atoms with Crippen molar-refractivity contribution in [3.63, 3.8) is 0 Å². The second-order valence-electron chi connectivity index (χ2n) is 6.06. The Morgan fingerprint density at radius 3 is 1.64 bits per heavy atom. The number of halogens is 3. The molecule has 0 aliphatic heterocycles. The molecule has 0 bridgehead atoms. The molecule has 22 heavy (non-hydrogen) atoms. The Morgan fingerprint density at radius 1 is 0.818 bits per heavy atom. The zero-order valence-corrected chi connectivity index (χ0v) is 18.8. The van der Waals surface area contributed by atoms with Crippen molar-refractivity contribution < 1.29 is 58.9 Å². The average molecular weight is 410 g/mol. The third-order valence-corrected chi connectivity index (χ3v) is 7.73. The molecule has 0 spiro atoms. The summed E-state index contributed by atoms with van der Waals surface area (Å²) in [6.45, 7) is 13.8. The Kier molecular flexibility index (Phi) is 12.7. The quantitative estimate of drug-likeness (QED) is 0.343. The van der Waals surface area contributed by atoms with Crippen molar-refractivity contribution in [2.24, 2.45) is 0 Å². The van der Waals surface area contributed by atoms with E-state index in [0.29, 0.717) is 0 Å². The van der Waals surface area contributed by atoms with Crippen molar-refractivity contribution in [1.82, 2.24) is 0 Å². The van der Waals surface area contributed by atoms with E-state index in [1.54, 1.807) is 10.4 Å². The molecule has 0 fully saturated rings. The molecule has 0 aliphatic carbocycles. The molecule has 2 aromatic carbocycles. The largest absolute Gasteiger partial charge is 4.00 e. The van der Waals surface area contributed by atoms with Crippen LogP contribution in [-0.2, 0) is 21.7 Å². The molecular formula is C17H23Cl3SiTi. The number of aryl methyl sites for hydroxylation is 3. The van der Waals surface area contributed by atoms with E-state index in [9.17, 15) is 0 Å². The van der Waals surface area contributed by atoms with Gasteiger partial charge in [0.15, 0.2) is 0 Å². The van der Waals surface area contributed by atoms with Gasteiger partial charge in [0.2, 0.25) is 0 Å². The molecule has 2 rings (SSSR count). The zero-order valence-electron chi connectivity index (χ0n) is 14.0. The molecule has 0 radical (unpaired) electrons. The second kappa shape index (κ2) is 10.3. The van der Waals surface area contributed by atoms with E-state index in [-0.39, 0.29) is 58.9 Å². The van der Waals surface area contributed by atoms with Crippen LogP contribution in [0.3, 0.4) is 0 Å². The Labute approximate surface area is 170 Å². The summed E-state index contributed by atoms with van der Waals surface area (Å²) in [6.07, 6.45) is 0. The van der Waals surface area contributed by atoms with E-state index in [1.165, 1.54) is 22.3 Å². The molecule has 120 valence electrons. The molecule has 2 aromatic rings. The van der Waals surface area contributed by atoms with E-state index in [1.807, 2.05) is 0 Å². The fourth-order valence-corrected chi connectivity index (χ4v) is 5.96. The first-order valence-electron chi connectivity index (χ1n) is 6.64. The van der Waals surface area contributed by atoms with Crippen LogP contribution in [0.2, 0.25) is 13.1 Å². The SMILES string of the molecule is Cc1cc(C)cc([Si](C)(C)[c-]2ccc(C)c2C)c1.[Cl-].[Cl-].[Cl-].[Ti+4]. The second-order valence-corrected chi connectivity index (χ2v) is 10.4. The van der Waals surface area contributed by atoms with Crippen molar-refractivity contribution in [1.29, 1.82) is 0 Å². The van der Waals surface area contributed by atoms with Gasteiger partial charge in [0.25, 0.3) is 0 Å². The van der Waals surface area contributed by atoms with Gasteiger partial charge in [-0.05, 0) is 13.8 Å². The predicted octanol–water partition coefficient (Wildman–Crippen LogP) is -5.53. The van der Waals surface area contributed by atoms with Crippen LogP contribution < -0.4 is 47.6 Å². The van der Waals surface area contributed by atoms with Crippen molar-refractivity contribution in [2.45, 2.75) is 40.8 Å². The van der Waals surface area contributed by atoms with Crippen LogP contribution in [0.15, 0.2) is 30.3 Å². The average Bonchev–Trinajstić information content (AvgIpc) is 2.58. The molecule has 0 saturated carbocycles. The number of rotatable bonds is 2. The summed E-state index contributed by atoms with van der Waals surface area (Å²) in [6, 6.07) is 11.6. The van der Waals surface area contributed by atoms with E-state index in [2.05, 4.69) is 71.1 Å². The summed E-state index contributed by atoms with van der Waals surface area (Å²) in [5.74, 6) is 0. The fourth-order valence-electron chi connectivity index (χ4n) is 2.84. The van der Waals surface area contributed by atoms with E-state index in [0.717, 1.165) is 0 Å². The maximum Gasteiger partial charge on any atom is 4.00 e. The van der Waals surface area contributed by atoms with Gasteiger partial charge >= 0.3 is 21.7 Å². The summed E-state index contributed by atoms with van der Waals surface area (Å²) < 4.78 is 0. The van der Waals surface area contributed by atoms with Crippen LogP contribution >= 0.6 is 0 Å². The van der Waals surface area contributed by atoms with Crippen LogP contribution in [0.25, 0.3) is 0 Å². The van der Waals surface area contributed by atoms with Gasteiger partial charge in [-0.1, -0.05) is 61.5 Å². The van der Waals surface area contributed by atoms with Crippen LogP contribution in [0.1, 0.15) is 22.3 Å². The molecule has 0 atom stereocenters. The maximum absolute atomic E-state index is 2.46. The van der Waals surface area contributed by atoms with E-state index >= 15 is 0 Å². The number of hydrogen-bond donors (Lipinski definition) is 0. The summed E-state index contributed by atoms with van der Waals surface area (Å²) in [7, 11) is -1.54. The topological polar surface area (TPSA) is 0 Å². The summed E-state index contributed by atoms with van der Waals surface area (Å²) in [5.41, 5.74) is 5.68. The van der Waals surface area contributed by atoms with Gasteiger partial charge in [0.1, 0.15) is 0 Å². The molecular weight excluding hydrogens is 386 g/mol. The van der Waals surface area contributed by atoms with Gasteiger partial charge in [-0.15, -0.1) is 0 Å². The number of benzene rings is 1. The van der Waals surface area contributed by atoms with Crippen LogP contribution in [0, 0.1) is 27.7 Å². The van der Waals surface area contributed by atoms with Gasteiger partial charge in [0, 0.05) is 0 Å². The van der Waals surface area contributed by atoms with Crippen molar-refractivity contribution in [3.05, 3.63) is 52.6 Å². The molecule has 0 aliphatic rings. The monoisotopic (exact) mass is 408 g/mol. The molecule has 0 heterocycles. The first-order chi connectivity index (χ1) is 8.32. The molecule has 0 saturated heterocycles. The molecule has 5 heteroatoms. The fraction of sp³-hybridized carbons (Fsp3) is 0.353. The third kappa shape index (κ3) is 5.47. The normalized spacial score (nSPS) is 9.73. The van der Waals surface area contributed by atoms with Gasteiger partial charge in [-0.3, -0.25) is 0 Å². The molecule has 0 amide bonds. The minimum atomic E-state index is -1.54. The van der Waals surface area contributed by atoms with Gasteiger partial charge < -0.3 is 37.2 Å². The van der Waals surface area contributed by atoms with Crippen molar-refractivity contribution >= 4 is 18.4 Å². The Morgan fingerprint density at radius 2 is 1.27 bits per heavy atom. The minimum Gasteiger partial charge on any atom is -1.00 e. The first-order valence-corrected chi connectivity index (χ1v) is 9.64. The van der Waals surface area contributed by atoms with Crippen molar-refractivity contribution in [2.75, 3.05) is 0 Å². The molecule has 0 aromatic heterocycles. The maximum atomic E-state index is 2.46. The third-order valence-electron chi connectivity index (χ3n) is 4.11. The van der Waals surface area contributed by atoms with E-state index in [4.69, 9.17) is 0 Å². The van der Waals surface area contributed by atoms with Crippen LogP contribution in [-0.4, -0.2) is 8.07 Å². The molecule has 0 N–H and O–H groups in total. The van der Waals surface area contributed by atoms with Crippen LogP contribution in [0.5, 0.6) is 0 Å². The molecule has 0 unspecified atom stereocenters. The Bertz CT molecular complexity index is 571. The number of hydrogen-bond acceptors (Lipinski definition) is 0. The Hall–Kier alpha value is 0.371. The molecule has 0 nitrogen and oxygen atoms in total. The standard InChI is InChI=1S/C17H23Si.3ClH.Ti/c1-12-9-13(2)11-16(10-12)18(5,6)17-8-7-14(3)15(17)4;;;;/h7-11H,1-6H3;3*1H;/q-1;;;;+4/p-3. The summed E-state index contributed by atoms with van der Waals surface area (Å²) in [5, 5.41) is 3.14. The van der Waals surface area contributed by atoms with Gasteiger partial charge in [-0.2, -0.15) is 22.4 Å². The summed E-state index contributed by atoms with van der Waals surface area (Å²) in [4.78, 5) is 0. The van der Waals surface area contributed by atoms with Crippen LogP contribution in [0.4, 0.5) is 0 Å². The van der Waals surface area contributed by atoms with Gasteiger partial charge in [0.05, 0.1) is 8.07 Å².